The molecule has 136 valence electrons. The van der Waals surface area contributed by atoms with E-state index >= 15 is 0 Å². The van der Waals surface area contributed by atoms with E-state index in [1.165, 1.54) is 0 Å². The molecule has 0 amide bonds. The summed E-state index contributed by atoms with van der Waals surface area (Å²) < 4.78 is 8.00. The SMILES string of the molecule is CCn1c2ccccc2c2c(-c3ccccc3)c(-c3ccccc3)c(=O)oc21. The van der Waals surface area contributed by atoms with E-state index < -0.39 is 0 Å². The van der Waals surface area contributed by atoms with E-state index in [9.17, 15) is 4.79 Å². The first-order valence-electron chi connectivity index (χ1n) is 9.48. The molecular weight excluding hydrogens is 346 g/mol. The number of fused-ring (bicyclic) bond motifs is 3. The molecule has 0 atom stereocenters. The van der Waals surface area contributed by atoms with Gasteiger partial charge in [0.15, 0.2) is 0 Å². The zero-order chi connectivity index (χ0) is 19.1. The summed E-state index contributed by atoms with van der Waals surface area (Å²) in [6, 6.07) is 28.1. The van der Waals surface area contributed by atoms with E-state index in [0.29, 0.717) is 11.3 Å². The Morgan fingerprint density at radius 1 is 0.750 bits per heavy atom. The average Bonchev–Trinajstić information content (AvgIpc) is 3.07. The van der Waals surface area contributed by atoms with Gasteiger partial charge in [-0.15, -0.1) is 0 Å². The van der Waals surface area contributed by atoms with Crippen molar-refractivity contribution in [3.8, 4) is 22.3 Å². The number of benzene rings is 3. The Labute approximate surface area is 162 Å². The minimum Gasteiger partial charge on any atom is -0.405 e. The third-order valence-electron chi connectivity index (χ3n) is 5.26. The minimum absolute atomic E-state index is 0.310. The molecule has 0 saturated carbocycles. The Morgan fingerprint density at radius 2 is 1.32 bits per heavy atom. The number of aromatic nitrogens is 1. The van der Waals surface area contributed by atoms with Crippen LogP contribution in [0.4, 0.5) is 0 Å². The molecular formula is C25H19NO2. The molecule has 0 N–H and O–H groups in total. The fourth-order valence-electron chi connectivity index (χ4n) is 4.07. The molecule has 28 heavy (non-hydrogen) atoms. The smallest absolute Gasteiger partial charge is 0.346 e. The standard InChI is InChI=1S/C25H19NO2/c1-2-26-20-16-10-9-15-19(20)23-21(17-11-5-3-6-12-17)22(25(27)28-24(23)26)18-13-7-4-8-14-18/h3-16H,2H2,1H3. The molecule has 0 aliphatic rings. The van der Waals surface area contributed by atoms with Gasteiger partial charge in [-0.3, -0.25) is 0 Å². The lowest BCUT2D eigenvalue weighted by molar-refractivity contribution is 0.532. The molecule has 0 unspecified atom stereocenters. The van der Waals surface area contributed by atoms with E-state index in [4.69, 9.17) is 4.42 Å². The van der Waals surface area contributed by atoms with Gasteiger partial charge in [-0.25, -0.2) is 4.79 Å². The van der Waals surface area contributed by atoms with Crippen LogP contribution < -0.4 is 5.63 Å². The minimum atomic E-state index is -0.310. The van der Waals surface area contributed by atoms with Crippen LogP contribution in [-0.4, -0.2) is 4.57 Å². The molecule has 0 bridgehead atoms. The van der Waals surface area contributed by atoms with Crippen molar-refractivity contribution in [2.75, 3.05) is 0 Å². The first-order chi connectivity index (χ1) is 13.8. The first-order valence-corrected chi connectivity index (χ1v) is 9.48. The summed E-state index contributed by atoms with van der Waals surface area (Å²) in [5.74, 6) is 0. The van der Waals surface area contributed by atoms with Crippen LogP contribution in [0, 0.1) is 0 Å². The molecule has 0 fully saturated rings. The predicted molar refractivity (Wildman–Crippen MR) is 115 cm³/mol. The lowest BCUT2D eigenvalue weighted by Gasteiger charge is -2.11. The largest absolute Gasteiger partial charge is 0.405 e. The first kappa shape index (κ1) is 16.6. The van der Waals surface area contributed by atoms with Gasteiger partial charge >= 0.3 is 5.63 Å². The van der Waals surface area contributed by atoms with Crippen molar-refractivity contribution in [2.45, 2.75) is 13.5 Å². The molecule has 0 aliphatic carbocycles. The van der Waals surface area contributed by atoms with Crippen molar-refractivity contribution in [1.82, 2.24) is 4.57 Å². The Hall–Kier alpha value is -3.59. The van der Waals surface area contributed by atoms with Crippen molar-refractivity contribution in [1.29, 1.82) is 0 Å². The Balaban J connectivity index is 2.06. The third kappa shape index (κ3) is 2.40. The van der Waals surface area contributed by atoms with Gasteiger partial charge in [0.2, 0.25) is 5.71 Å². The number of hydrogen-bond acceptors (Lipinski definition) is 2. The van der Waals surface area contributed by atoms with Gasteiger partial charge in [-0.1, -0.05) is 78.9 Å². The maximum absolute atomic E-state index is 13.2. The Kier molecular flexibility index (Phi) is 3.87. The summed E-state index contributed by atoms with van der Waals surface area (Å²) in [4.78, 5) is 13.2. The maximum atomic E-state index is 13.2. The number of hydrogen-bond donors (Lipinski definition) is 0. The highest BCUT2D eigenvalue weighted by molar-refractivity contribution is 6.15. The van der Waals surface area contributed by atoms with Crippen LogP contribution in [0.5, 0.6) is 0 Å². The summed E-state index contributed by atoms with van der Waals surface area (Å²) in [5, 5.41) is 2.08. The molecule has 0 radical (unpaired) electrons. The fourth-order valence-corrected chi connectivity index (χ4v) is 4.07. The lowest BCUT2D eigenvalue weighted by Crippen LogP contribution is -2.07. The quantitative estimate of drug-likeness (QED) is 0.387. The van der Waals surface area contributed by atoms with Crippen molar-refractivity contribution in [2.24, 2.45) is 0 Å². The molecule has 0 aliphatic heterocycles. The molecule has 3 aromatic carbocycles. The highest BCUT2D eigenvalue weighted by Gasteiger charge is 2.23. The average molecular weight is 365 g/mol. The van der Waals surface area contributed by atoms with Crippen molar-refractivity contribution >= 4 is 22.0 Å². The summed E-state index contributed by atoms with van der Waals surface area (Å²) >= 11 is 0. The highest BCUT2D eigenvalue weighted by atomic mass is 16.4. The van der Waals surface area contributed by atoms with Crippen LogP contribution in [0.15, 0.2) is 94.1 Å². The van der Waals surface area contributed by atoms with Gasteiger partial charge in [-0.2, -0.15) is 0 Å². The molecule has 0 spiro atoms. The van der Waals surface area contributed by atoms with E-state index in [-0.39, 0.29) is 5.63 Å². The van der Waals surface area contributed by atoms with E-state index in [2.05, 4.69) is 35.8 Å². The van der Waals surface area contributed by atoms with Crippen LogP contribution in [0.25, 0.3) is 44.3 Å². The molecule has 2 aromatic heterocycles. The van der Waals surface area contributed by atoms with Gasteiger partial charge in [-0.05, 0) is 24.1 Å². The third-order valence-corrected chi connectivity index (χ3v) is 5.26. The molecule has 5 aromatic rings. The number of nitrogens with zero attached hydrogens (tertiary/aromatic N) is 1. The van der Waals surface area contributed by atoms with E-state index in [0.717, 1.165) is 39.5 Å². The second kappa shape index (κ2) is 6.54. The molecule has 5 rings (SSSR count). The van der Waals surface area contributed by atoms with Crippen LogP contribution in [-0.2, 0) is 6.54 Å². The fraction of sp³-hybridized carbons (Fsp3) is 0.0800. The number of rotatable bonds is 3. The Morgan fingerprint density at radius 3 is 1.96 bits per heavy atom. The second-order valence-corrected chi connectivity index (χ2v) is 6.81. The van der Waals surface area contributed by atoms with Crippen molar-refractivity contribution in [3.63, 3.8) is 0 Å². The van der Waals surface area contributed by atoms with Crippen LogP contribution in [0.2, 0.25) is 0 Å². The van der Waals surface area contributed by atoms with Gasteiger partial charge in [0.1, 0.15) is 0 Å². The summed E-state index contributed by atoms with van der Waals surface area (Å²) in [5.41, 5.74) is 4.82. The van der Waals surface area contributed by atoms with E-state index in [1.54, 1.807) is 0 Å². The highest BCUT2D eigenvalue weighted by Crippen LogP contribution is 2.40. The normalized spacial score (nSPS) is 11.3. The molecule has 3 heteroatoms. The zero-order valence-electron chi connectivity index (χ0n) is 15.6. The summed E-state index contributed by atoms with van der Waals surface area (Å²) in [7, 11) is 0. The molecule has 3 nitrogen and oxygen atoms in total. The van der Waals surface area contributed by atoms with Crippen molar-refractivity contribution < 1.29 is 4.42 Å². The van der Waals surface area contributed by atoms with Gasteiger partial charge in [0.05, 0.1) is 16.5 Å². The summed E-state index contributed by atoms with van der Waals surface area (Å²) in [6.45, 7) is 2.80. The van der Waals surface area contributed by atoms with Crippen LogP contribution in [0.3, 0.4) is 0 Å². The summed E-state index contributed by atoms with van der Waals surface area (Å²) in [6.07, 6.45) is 0. The molecule has 0 saturated heterocycles. The van der Waals surface area contributed by atoms with E-state index in [1.807, 2.05) is 60.7 Å². The molecule has 2 heterocycles. The van der Waals surface area contributed by atoms with Gasteiger partial charge in [0, 0.05) is 17.5 Å². The topological polar surface area (TPSA) is 35.1 Å². The van der Waals surface area contributed by atoms with Crippen LogP contribution >= 0.6 is 0 Å². The zero-order valence-corrected chi connectivity index (χ0v) is 15.6. The van der Waals surface area contributed by atoms with Crippen LogP contribution in [0.1, 0.15) is 6.92 Å². The predicted octanol–water partition coefficient (Wildman–Crippen LogP) is 6.10. The second-order valence-electron chi connectivity index (χ2n) is 6.81. The number of aryl methyl sites for hydroxylation is 1. The van der Waals surface area contributed by atoms with Gasteiger partial charge < -0.3 is 8.98 Å². The van der Waals surface area contributed by atoms with Crippen molar-refractivity contribution in [3.05, 3.63) is 95.3 Å². The maximum Gasteiger partial charge on any atom is 0.346 e. The number of para-hydroxylation sites is 1. The van der Waals surface area contributed by atoms with Gasteiger partial charge in [0.25, 0.3) is 0 Å². The lowest BCUT2D eigenvalue weighted by atomic mass is 9.93. The Bertz CT molecular complexity index is 1350. The monoisotopic (exact) mass is 365 g/mol.